The van der Waals surface area contributed by atoms with E-state index in [2.05, 4.69) is 20.4 Å². The third kappa shape index (κ3) is 5.67. The molecular weight excluding hydrogens is 124 g/mol. The molecule has 0 amide bonds. The summed E-state index contributed by atoms with van der Waals surface area (Å²) in [4.78, 5) is 0. The lowest BCUT2D eigenvalue weighted by molar-refractivity contribution is 0.150. The number of ether oxygens (including phenoxy) is 1. The van der Waals surface area contributed by atoms with Crippen LogP contribution in [-0.2, 0) is 4.74 Å². The van der Waals surface area contributed by atoms with Crippen molar-refractivity contribution in [2.45, 2.75) is 45.6 Å². The van der Waals surface area contributed by atoms with Crippen LogP contribution in [0.5, 0.6) is 0 Å². The summed E-state index contributed by atoms with van der Waals surface area (Å²) < 4.78 is 5.15. The van der Waals surface area contributed by atoms with E-state index < -0.39 is 0 Å². The van der Waals surface area contributed by atoms with Crippen molar-refractivity contribution in [1.82, 2.24) is 0 Å². The smallest absolute Gasteiger partial charge is 0.0950 e. The minimum Gasteiger partial charge on any atom is -0.499 e. The van der Waals surface area contributed by atoms with Crippen molar-refractivity contribution in [3.8, 4) is 0 Å². The highest BCUT2D eigenvalue weighted by atomic mass is 16.5. The van der Waals surface area contributed by atoms with Crippen LogP contribution in [0.4, 0.5) is 0 Å². The second-order valence-electron chi connectivity index (χ2n) is 2.61. The molecule has 0 saturated carbocycles. The molecule has 10 heavy (non-hydrogen) atoms. The van der Waals surface area contributed by atoms with Gasteiger partial charge in [-0.3, -0.25) is 0 Å². The summed E-state index contributed by atoms with van der Waals surface area (Å²) in [6.07, 6.45) is 6.89. The first kappa shape index (κ1) is 9.54. The van der Waals surface area contributed by atoms with Crippen molar-refractivity contribution in [3.63, 3.8) is 0 Å². The minimum absolute atomic E-state index is 0.351. The van der Waals surface area contributed by atoms with Gasteiger partial charge in [-0.2, -0.15) is 0 Å². The Kier molecular flexibility index (Phi) is 6.35. The van der Waals surface area contributed by atoms with E-state index in [0.717, 1.165) is 6.42 Å². The maximum absolute atomic E-state index is 5.15. The van der Waals surface area contributed by atoms with Crippen LogP contribution in [0.1, 0.15) is 39.5 Å². The van der Waals surface area contributed by atoms with Crippen molar-refractivity contribution in [1.29, 1.82) is 0 Å². The third-order valence-corrected chi connectivity index (χ3v) is 1.54. The molecule has 1 nitrogen and oxygen atoms in total. The van der Waals surface area contributed by atoms with E-state index in [1.54, 1.807) is 0 Å². The first-order valence-corrected chi connectivity index (χ1v) is 4.07. The van der Waals surface area contributed by atoms with Crippen molar-refractivity contribution < 1.29 is 4.74 Å². The molecule has 0 aromatic heterocycles. The van der Waals surface area contributed by atoms with Gasteiger partial charge >= 0.3 is 0 Å². The molecule has 0 heterocycles. The fourth-order valence-electron chi connectivity index (χ4n) is 0.914. The highest BCUT2D eigenvalue weighted by molar-refractivity contribution is 4.56. The first-order valence-electron chi connectivity index (χ1n) is 4.07. The second kappa shape index (κ2) is 6.66. The van der Waals surface area contributed by atoms with E-state index in [0.29, 0.717) is 6.10 Å². The zero-order valence-corrected chi connectivity index (χ0v) is 7.10. The predicted octanol–water partition coefficient (Wildman–Crippen LogP) is 3.12. The molecule has 0 radical (unpaired) electrons. The molecule has 0 bridgehead atoms. The van der Waals surface area contributed by atoms with Crippen LogP contribution < -0.4 is 0 Å². The molecule has 1 unspecified atom stereocenters. The molecule has 1 atom stereocenters. The van der Waals surface area contributed by atoms with Crippen LogP contribution in [0.3, 0.4) is 0 Å². The lowest BCUT2D eigenvalue weighted by Crippen LogP contribution is -2.02. The number of hydrogen-bond acceptors (Lipinski definition) is 1. The molecule has 0 aliphatic carbocycles. The van der Waals surface area contributed by atoms with Crippen molar-refractivity contribution in [3.05, 3.63) is 12.8 Å². The second-order valence-corrected chi connectivity index (χ2v) is 2.61. The van der Waals surface area contributed by atoms with Gasteiger partial charge in [-0.1, -0.05) is 26.3 Å². The molecule has 1 heteroatoms. The average molecular weight is 142 g/mol. The molecule has 60 valence electrons. The summed E-state index contributed by atoms with van der Waals surface area (Å²) in [7, 11) is 0. The highest BCUT2D eigenvalue weighted by Crippen LogP contribution is 2.05. The molecular formula is C9H18O. The maximum atomic E-state index is 5.15. The van der Waals surface area contributed by atoms with E-state index in [1.807, 2.05) is 0 Å². The highest BCUT2D eigenvalue weighted by Gasteiger charge is 1.97. The Balaban J connectivity index is 3.04. The van der Waals surface area contributed by atoms with Gasteiger partial charge in [0.15, 0.2) is 0 Å². The van der Waals surface area contributed by atoms with Gasteiger partial charge in [0.1, 0.15) is 0 Å². The van der Waals surface area contributed by atoms with Crippen molar-refractivity contribution >= 4 is 0 Å². The Morgan fingerprint density at radius 2 is 2.20 bits per heavy atom. The molecule has 0 aromatic carbocycles. The summed E-state index contributed by atoms with van der Waals surface area (Å²) in [6.45, 7) is 7.79. The fraction of sp³-hybridized carbons (Fsp3) is 0.778. The minimum atomic E-state index is 0.351. The Morgan fingerprint density at radius 1 is 1.50 bits per heavy atom. The first-order chi connectivity index (χ1) is 4.81. The van der Waals surface area contributed by atoms with E-state index in [1.165, 1.54) is 25.5 Å². The summed E-state index contributed by atoms with van der Waals surface area (Å²) in [5, 5.41) is 0. The lowest BCUT2D eigenvalue weighted by Gasteiger charge is -2.09. The van der Waals surface area contributed by atoms with Crippen molar-refractivity contribution in [2.24, 2.45) is 0 Å². The molecule has 0 aliphatic rings. The number of rotatable bonds is 6. The molecule has 0 aliphatic heterocycles. The Labute approximate surface area is 64.1 Å². The molecule has 0 rings (SSSR count). The molecule has 0 N–H and O–H groups in total. The van der Waals surface area contributed by atoms with Gasteiger partial charge in [0.25, 0.3) is 0 Å². The van der Waals surface area contributed by atoms with Crippen LogP contribution in [0, 0.1) is 0 Å². The molecule has 0 saturated heterocycles. The van der Waals surface area contributed by atoms with E-state index in [9.17, 15) is 0 Å². The molecule has 0 aromatic rings. The molecule has 0 fully saturated rings. The summed E-state index contributed by atoms with van der Waals surface area (Å²) >= 11 is 0. The SMILES string of the molecule is C=COC(C)CCCCC. The van der Waals surface area contributed by atoms with Crippen molar-refractivity contribution in [2.75, 3.05) is 0 Å². The summed E-state index contributed by atoms with van der Waals surface area (Å²) in [5.74, 6) is 0. The normalized spacial score (nSPS) is 12.6. The molecule has 0 spiro atoms. The van der Waals surface area contributed by atoms with Crippen LogP contribution in [0.15, 0.2) is 12.8 Å². The average Bonchev–Trinajstić information content (AvgIpc) is 1.89. The van der Waals surface area contributed by atoms with Crippen LogP contribution in [0.2, 0.25) is 0 Å². The monoisotopic (exact) mass is 142 g/mol. The van der Waals surface area contributed by atoms with E-state index in [4.69, 9.17) is 4.74 Å². The Bertz CT molecular complexity index is 78.8. The number of hydrogen-bond donors (Lipinski definition) is 0. The van der Waals surface area contributed by atoms with Gasteiger partial charge in [-0.15, -0.1) is 0 Å². The standard InChI is InChI=1S/C9H18O/c1-4-6-7-8-9(3)10-5-2/h5,9H,2,4,6-8H2,1,3H3. The van der Waals surface area contributed by atoms with Crippen LogP contribution in [0.25, 0.3) is 0 Å². The fourth-order valence-corrected chi connectivity index (χ4v) is 0.914. The van der Waals surface area contributed by atoms with Gasteiger partial charge < -0.3 is 4.74 Å². The van der Waals surface area contributed by atoms with E-state index in [-0.39, 0.29) is 0 Å². The maximum Gasteiger partial charge on any atom is 0.0950 e. The predicted molar refractivity (Wildman–Crippen MR) is 44.9 cm³/mol. The van der Waals surface area contributed by atoms with Gasteiger partial charge in [0.2, 0.25) is 0 Å². The van der Waals surface area contributed by atoms with Gasteiger partial charge in [-0.05, 0) is 19.8 Å². The van der Waals surface area contributed by atoms with E-state index >= 15 is 0 Å². The third-order valence-electron chi connectivity index (χ3n) is 1.54. The Hall–Kier alpha value is -0.460. The van der Waals surface area contributed by atoms with Gasteiger partial charge in [0.05, 0.1) is 12.4 Å². The zero-order chi connectivity index (χ0) is 7.82. The quantitative estimate of drug-likeness (QED) is 0.409. The van der Waals surface area contributed by atoms with Gasteiger partial charge in [-0.25, -0.2) is 0 Å². The summed E-state index contributed by atoms with van der Waals surface area (Å²) in [6, 6.07) is 0. The van der Waals surface area contributed by atoms with Crippen LogP contribution >= 0.6 is 0 Å². The topological polar surface area (TPSA) is 9.23 Å². The zero-order valence-electron chi connectivity index (χ0n) is 7.10. The Morgan fingerprint density at radius 3 is 2.70 bits per heavy atom. The summed E-state index contributed by atoms with van der Waals surface area (Å²) in [5.41, 5.74) is 0. The van der Waals surface area contributed by atoms with Crippen LogP contribution in [-0.4, -0.2) is 6.10 Å². The lowest BCUT2D eigenvalue weighted by atomic mass is 10.1. The largest absolute Gasteiger partial charge is 0.499 e. The number of unbranched alkanes of at least 4 members (excludes halogenated alkanes) is 2. The van der Waals surface area contributed by atoms with Gasteiger partial charge in [0, 0.05) is 0 Å².